The van der Waals surface area contributed by atoms with E-state index in [1.165, 1.54) is 0 Å². The molecule has 0 aromatic carbocycles. The van der Waals surface area contributed by atoms with Crippen LogP contribution in [0, 0.1) is 0 Å². The van der Waals surface area contributed by atoms with E-state index in [0.717, 1.165) is 13.8 Å². The molecule has 0 fully saturated rings. The van der Waals surface area contributed by atoms with Gasteiger partial charge in [-0.1, -0.05) is 0 Å². The quantitative estimate of drug-likeness (QED) is 0.280. The number of hydrogen-bond acceptors (Lipinski definition) is 7. The van der Waals surface area contributed by atoms with Crippen LogP contribution in [-0.2, 0) is 36.0 Å². The van der Waals surface area contributed by atoms with Crippen LogP contribution in [0.4, 0.5) is 0 Å². The van der Waals surface area contributed by atoms with Gasteiger partial charge >= 0.3 is 11.9 Å². The van der Waals surface area contributed by atoms with E-state index in [0.29, 0.717) is 0 Å². The third-order valence-corrected chi connectivity index (χ3v) is 0.883. The van der Waals surface area contributed by atoms with Gasteiger partial charge in [-0.3, -0.25) is 0 Å². The first-order chi connectivity index (χ1) is 4.95. The molecule has 14 heavy (non-hydrogen) atoms. The van der Waals surface area contributed by atoms with Crippen LogP contribution in [0.5, 0.6) is 0 Å². The molecular weight excluding hydrogens is 228 g/mol. The van der Waals surface area contributed by atoms with Crippen LogP contribution in [0.15, 0.2) is 0 Å². The number of esters is 2. The first-order valence-corrected chi connectivity index (χ1v) is 3.06. The largest absolute Gasteiger partial charge is 0.389 e. The Balaban J connectivity index is -0.000000167. The van der Waals surface area contributed by atoms with Crippen LogP contribution >= 0.6 is 0 Å². The van der Waals surface area contributed by atoms with E-state index >= 15 is 0 Å². The van der Waals surface area contributed by atoms with E-state index in [4.69, 9.17) is 10.2 Å². The van der Waals surface area contributed by atoms with Crippen molar-refractivity contribution in [1.82, 2.24) is 12.3 Å². The smallest absolute Gasteiger partial charge is 0.342 e. The Kier molecular flexibility index (Phi) is 18.1. The van der Waals surface area contributed by atoms with Gasteiger partial charge in [-0.05, 0) is 13.8 Å². The number of carbonyl (C=O) groups excluding carboxylic acids is 2. The first-order valence-electron chi connectivity index (χ1n) is 3.06. The van der Waals surface area contributed by atoms with Crippen molar-refractivity contribution in [3.05, 3.63) is 0 Å². The maximum atomic E-state index is 10.5. The summed E-state index contributed by atoms with van der Waals surface area (Å²) in [4.78, 5) is 20.9. The van der Waals surface area contributed by atoms with Gasteiger partial charge in [0, 0.05) is 21.7 Å². The molecule has 2 atom stereocenters. The monoisotopic (exact) mass is 244 g/mol. The zero-order valence-electron chi connectivity index (χ0n) is 8.19. The Morgan fingerprint density at radius 1 is 1.00 bits per heavy atom. The molecule has 0 radical (unpaired) electrons. The molecule has 0 aliphatic heterocycles. The van der Waals surface area contributed by atoms with Gasteiger partial charge in [0.1, 0.15) is 12.2 Å². The topological polar surface area (TPSA) is 154 Å². The van der Waals surface area contributed by atoms with E-state index in [1.54, 1.807) is 0 Å². The first kappa shape index (κ1) is 23.5. The van der Waals surface area contributed by atoms with Gasteiger partial charge in [-0.2, -0.15) is 0 Å². The number of aliphatic hydroxyl groups excluding tert-OH is 2. The minimum atomic E-state index is -1.35. The maximum absolute atomic E-state index is 10.5. The van der Waals surface area contributed by atoms with Crippen molar-refractivity contribution in [2.45, 2.75) is 26.1 Å². The molecule has 8 N–H and O–H groups in total. The SMILES string of the molecule is CC(O)C(=O)OC(=O)C(C)O.N.N.[Ti]. The second kappa shape index (κ2) is 10.8. The third-order valence-electron chi connectivity index (χ3n) is 0.883. The molecule has 0 aliphatic carbocycles. The Labute approximate surface area is 96.9 Å². The Morgan fingerprint density at radius 2 is 1.21 bits per heavy atom. The van der Waals surface area contributed by atoms with E-state index < -0.39 is 24.1 Å². The molecule has 0 heterocycles. The molecule has 0 amide bonds. The van der Waals surface area contributed by atoms with Gasteiger partial charge in [0.15, 0.2) is 0 Å². The van der Waals surface area contributed by atoms with Gasteiger partial charge in [0.2, 0.25) is 0 Å². The van der Waals surface area contributed by atoms with Crippen molar-refractivity contribution in [3.8, 4) is 0 Å². The summed E-state index contributed by atoms with van der Waals surface area (Å²) >= 11 is 0. The van der Waals surface area contributed by atoms with Crippen LogP contribution in [0.3, 0.4) is 0 Å². The average Bonchev–Trinajstić information content (AvgIpc) is 1.87. The van der Waals surface area contributed by atoms with Crippen LogP contribution < -0.4 is 12.3 Å². The zero-order valence-corrected chi connectivity index (χ0v) is 9.75. The minimum Gasteiger partial charge on any atom is -0.389 e. The molecule has 2 unspecified atom stereocenters. The fraction of sp³-hybridized carbons (Fsp3) is 0.667. The van der Waals surface area contributed by atoms with Crippen molar-refractivity contribution in [1.29, 1.82) is 0 Å². The molecular formula is C6H16N2O5Ti. The molecule has 0 rings (SSSR count). The predicted octanol–water partition coefficient (Wildman–Crippen LogP) is -0.861. The fourth-order valence-electron chi connectivity index (χ4n) is 0.270. The number of carbonyl (C=O) groups is 2. The van der Waals surface area contributed by atoms with Gasteiger partial charge in [0.25, 0.3) is 0 Å². The second-order valence-corrected chi connectivity index (χ2v) is 2.09. The molecule has 84 valence electrons. The summed E-state index contributed by atoms with van der Waals surface area (Å²) in [5.74, 6) is -2.12. The van der Waals surface area contributed by atoms with Crippen LogP contribution in [-0.4, -0.2) is 34.4 Å². The molecule has 0 saturated heterocycles. The van der Waals surface area contributed by atoms with Gasteiger partial charge in [-0.15, -0.1) is 0 Å². The normalized spacial score (nSPS) is 12.0. The Morgan fingerprint density at radius 3 is 1.36 bits per heavy atom. The molecule has 0 aromatic rings. The van der Waals surface area contributed by atoms with E-state index in [2.05, 4.69) is 4.74 Å². The zero-order chi connectivity index (χ0) is 9.02. The summed E-state index contributed by atoms with van der Waals surface area (Å²) in [6.45, 7) is 2.33. The summed E-state index contributed by atoms with van der Waals surface area (Å²) in [6, 6.07) is 0. The Hall–Kier alpha value is -0.306. The van der Waals surface area contributed by atoms with E-state index in [-0.39, 0.29) is 34.0 Å². The molecule has 0 aliphatic rings. The number of rotatable bonds is 2. The van der Waals surface area contributed by atoms with Crippen LogP contribution in [0.2, 0.25) is 0 Å². The van der Waals surface area contributed by atoms with Crippen LogP contribution in [0.1, 0.15) is 13.8 Å². The summed E-state index contributed by atoms with van der Waals surface area (Å²) in [7, 11) is 0. The van der Waals surface area contributed by atoms with Crippen molar-refractivity contribution in [2.24, 2.45) is 0 Å². The molecule has 0 saturated carbocycles. The summed E-state index contributed by atoms with van der Waals surface area (Å²) < 4.78 is 4.00. The van der Waals surface area contributed by atoms with Crippen LogP contribution in [0.25, 0.3) is 0 Å². The van der Waals surface area contributed by atoms with Gasteiger partial charge < -0.3 is 27.3 Å². The van der Waals surface area contributed by atoms with Crippen molar-refractivity contribution in [3.63, 3.8) is 0 Å². The minimum absolute atomic E-state index is 0. The summed E-state index contributed by atoms with van der Waals surface area (Å²) in [5, 5.41) is 17.1. The summed E-state index contributed by atoms with van der Waals surface area (Å²) in [6.07, 6.45) is -2.70. The predicted molar refractivity (Wildman–Crippen MR) is 44.5 cm³/mol. The van der Waals surface area contributed by atoms with Crippen molar-refractivity contribution >= 4 is 11.9 Å². The third kappa shape index (κ3) is 9.78. The van der Waals surface area contributed by atoms with Crippen molar-refractivity contribution in [2.75, 3.05) is 0 Å². The average molecular weight is 244 g/mol. The van der Waals surface area contributed by atoms with E-state index in [1.807, 2.05) is 0 Å². The maximum Gasteiger partial charge on any atom is 0.342 e. The fourth-order valence-corrected chi connectivity index (χ4v) is 0.270. The number of hydrogen-bond donors (Lipinski definition) is 4. The summed E-state index contributed by atoms with van der Waals surface area (Å²) in [5.41, 5.74) is 0. The molecule has 0 bridgehead atoms. The number of aliphatic hydroxyl groups is 2. The molecule has 8 heteroatoms. The second-order valence-electron chi connectivity index (χ2n) is 2.09. The van der Waals surface area contributed by atoms with Gasteiger partial charge in [0.05, 0.1) is 0 Å². The number of ether oxygens (including phenoxy) is 1. The van der Waals surface area contributed by atoms with Gasteiger partial charge in [-0.25, -0.2) is 9.59 Å². The molecule has 7 nitrogen and oxygen atoms in total. The van der Waals surface area contributed by atoms with E-state index in [9.17, 15) is 9.59 Å². The standard InChI is InChI=1S/C6H10O5.2H3N.Ti/c1-3(7)5(9)11-6(10)4(2)8;;;/h3-4,7-8H,1-2H3;2*1H3;. The van der Waals surface area contributed by atoms with Crippen molar-refractivity contribution < 1.29 is 46.3 Å². The molecule has 0 aromatic heterocycles. The molecule has 0 spiro atoms. The Bertz CT molecular complexity index is 156.